The average Bonchev–Trinajstić information content (AvgIpc) is 2.94. The minimum atomic E-state index is -0.468. The first kappa shape index (κ1) is 15.9. The second-order valence-electron chi connectivity index (χ2n) is 5.68. The van der Waals surface area contributed by atoms with Gasteiger partial charge in [0.2, 0.25) is 5.91 Å². The van der Waals surface area contributed by atoms with Crippen molar-refractivity contribution in [3.05, 3.63) is 52.0 Å². The molecule has 0 saturated carbocycles. The maximum Gasteiger partial charge on any atom is 0.336 e. The van der Waals surface area contributed by atoms with E-state index in [1.54, 1.807) is 16.9 Å². The molecule has 0 saturated heterocycles. The topological polar surface area (TPSA) is 90.0 Å². The van der Waals surface area contributed by atoms with Gasteiger partial charge in [-0.05, 0) is 30.5 Å². The highest BCUT2D eigenvalue weighted by atomic mass is 16.4. The van der Waals surface area contributed by atoms with Crippen LogP contribution in [0.15, 0.2) is 39.7 Å². The van der Waals surface area contributed by atoms with Gasteiger partial charge in [-0.25, -0.2) is 4.79 Å². The van der Waals surface area contributed by atoms with Gasteiger partial charge in [0.1, 0.15) is 5.58 Å². The highest BCUT2D eigenvalue weighted by Crippen LogP contribution is 2.19. The molecule has 0 radical (unpaired) electrons. The Morgan fingerprint density at radius 3 is 2.96 bits per heavy atom. The predicted molar refractivity (Wildman–Crippen MR) is 89.9 cm³/mol. The molecule has 0 aliphatic heterocycles. The Bertz CT molecular complexity index is 942. The summed E-state index contributed by atoms with van der Waals surface area (Å²) in [5, 5.41) is 11.3. The lowest BCUT2D eigenvalue weighted by molar-refractivity contribution is -0.115. The number of nitrogens with one attached hydrogen (secondary N) is 1. The van der Waals surface area contributed by atoms with Gasteiger partial charge in [0.25, 0.3) is 0 Å². The van der Waals surface area contributed by atoms with Crippen molar-refractivity contribution >= 4 is 22.7 Å². The van der Waals surface area contributed by atoms with Crippen LogP contribution in [0, 0.1) is 6.92 Å². The number of rotatable bonds is 5. The zero-order valence-corrected chi connectivity index (χ0v) is 13.6. The number of nitrogens with zero attached hydrogens (tertiary/aromatic N) is 3. The smallest absolute Gasteiger partial charge is 0.336 e. The van der Waals surface area contributed by atoms with E-state index < -0.39 is 5.63 Å². The SMILES string of the molecule is CCCn1cc(NC(=O)Cc2cc(=O)oc3cc(C)ccc23)nn1. The van der Waals surface area contributed by atoms with E-state index in [1.165, 1.54) is 6.07 Å². The van der Waals surface area contributed by atoms with Crippen molar-refractivity contribution in [2.24, 2.45) is 0 Å². The molecule has 1 aromatic carbocycles. The quantitative estimate of drug-likeness (QED) is 0.727. The van der Waals surface area contributed by atoms with Crippen LogP contribution < -0.4 is 10.9 Å². The molecule has 24 heavy (non-hydrogen) atoms. The summed E-state index contributed by atoms with van der Waals surface area (Å²) in [5.74, 6) is 0.141. The van der Waals surface area contributed by atoms with Gasteiger partial charge in [0, 0.05) is 18.0 Å². The van der Waals surface area contributed by atoms with Crippen LogP contribution >= 0.6 is 0 Å². The van der Waals surface area contributed by atoms with Crippen LogP contribution in [-0.2, 0) is 17.8 Å². The van der Waals surface area contributed by atoms with Crippen LogP contribution in [0.1, 0.15) is 24.5 Å². The minimum Gasteiger partial charge on any atom is -0.423 e. The molecule has 0 aliphatic carbocycles. The van der Waals surface area contributed by atoms with Crippen molar-refractivity contribution in [3.8, 4) is 0 Å². The van der Waals surface area contributed by atoms with Crippen LogP contribution in [0.2, 0.25) is 0 Å². The van der Waals surface area contributed by atoms with Crippen LogP contribution in [0.4, 0.5) is 5.82 Å². The lowest BCUT2D eigenvalue weighted by atomic mass is 10.1. The number of fused-ring (bicyclic) bond motifs is 1. The van der Waals surface area contributed by atoms with Gasteiger partial charge in [-0.1, -0.05) is 24.3 Å². The molecule has 0 atom stereocenters. The van der Waals surface area contributed by atoms with Crippen molar-refractivity contribution < 1.29 is 9.21 Å². The van der Waals surface area contributed by atoms with E-state index in [1.807, 2.05) is 26.0 Å². The van der Waals surface area contributed by atoms with Crippen LogP contribution in [0.25, 0.3) is 11.0 Å². The van der Waals surface area contributed by atoms with Crippen molar-refractivity contribution in [2.75, 3.05) is 5.32 Å². The van der Waals surface area contributed by atoms with E-state index in [4.69, 9.17) is 4.42 Å². The molecule has 3 aromatic rings. The Morgan fingerprint density at radius 1 is 1.33 bits per heavy atom. The predicted octanol–water partition coefficient (Wildman–Crippen LogP) is 2.28. The van der Waals surface area contributed by atoms with Gasteiger partial charge in [0.05, 0.1) is 12.6 Å². The average molecular weight is 326 g/mol. The molecule has 124 valence electrons. The molecule has 2 aromatic heterocycles. The fraction of sp³-hybridized carbons (Fsp3) is 0.294. The Kier molecular flexibility index (Phi) is 4.41. The first-order valence-electron chi connectivity index (χ1n) is 7.78. The molecule has 0 unspecified atom stereocenters. The second kappa shape index (κ2) is 6.66. The van der Waals surface area contributed by atoms with Crippen molar-refractivity contribution in [2.45, 2.75) is 33.2 Å². The zero-order valence-electron chi connectivity index (χ0n) is 13.6. The summed E-state index contributed by atoms with van der Waals surface area (Å²) in [6.07, 6.45) is 2.68. The van der Waals surface area contributed by atoms with Crippen LogP contribution in [0.5, 0.6) is 0 Å². The van der Waals surface area contributed by atoms with Crippen molar-refractivity contribution in [1.29, 1.82) is 0 Å². The third kappa shape index (κ3) is 3.51. The number of aryl methyl sites for hydroxylation is 2. The number of carbonyl (C=O) groups is 1. The molecule has 0 spiro atoms. The van der Waals surface area contributed by atoms with E-state index in [-0.39, 0.29) is 12.3 Å². The molecular formula is C17H18N4O3. The van der Waals surface area contributed by atoms with E-state index in [0.29, 0.717) is 17.0 Å². The van der Waals surface area contributed by atoms with Crippen molar-refractivity contribution in [3.63, 3.8) is 0 Å². The molecule has 1 N–H and O–H groups in total. The molecule has 0 bridgehead atoms. The van der Waals surface area contributed by atoms with Gasteiger partial charge < -0.3 is 9.73 Å². The summed E-state index contributed by atoms with van der Waals surface area (Å²) >= 11 is 0. The van der Waals surface area contributed by atoms with Gasteiger partial charge >= 0.3 is 5.63 Å². The van der Waals surface area contributed by atoms with Crippen molar-refractivity contribution in [1.82, 2.24) is 15.0 Å². The third-order valence-electron chi connectivity index (χ3n) is 3.60. The standard InChI is InChI=1S/C17H18N4O3/c1-3-6-21-10-15(19-20-21)18-16(22)8-12-9-17(23)24-14-7-11(2)4-5-13(12)14/h4-5,7,9-10H,3,6,8H2,1-2H3,(H,18,22). The highest BCUT2D eigenvalue weighted by Gasteiger charge is 2.12. The molecule has 1 amide bonds. The molecule has 3 rings (SSSR count). The number of aromatic nitrogens is 3. The van der Waals surface area contributed by atoms with Crippen LogP contribution in [0.3, 0.4) is 0 Å². The Hall–Kier alpha value is -2.96. The summed E-state index contributed by atoms with van der Waals surface area (Å²) in [6, 6.07) is 6.91. The van der Waals surface area contributed by atoms with Gasteiger partial charge in [-0.15, -0.1) is 5.10 Å². The second-order valence-corrected chi connectivity index (χ2v) is 5.68. The van der Waals surface area contributed by atoms with E-state index >= 15 is 0 Å². The van der Waals surface area contributed by atoms with Gasteiger partial charge in [-0.3, -0.25) is 9.48 Å². The highest BCUT2D eigenvalue weighted by molar-refractivity contribution is 5.94. The molecule has 7 heteroatoms. The first-order chi connectivity index (χ1) is 11.5. The monoisotopic (exact) mass is 326 g/mol. The van der Waals surface area contributed by atoms with Gasteiger partial charge in [-0.2, -0.15) is 0 Å². The fourth-order valence-electron chi connectivity index (χ4n) is 2.54. The number of hydrogen-bond acceptors (Lipinski definition) is 5. The molecule has 0 aliphatic rings. The Labute approximate surface area is 138 Å². The lowest BCUT2D eigenvalue weighted by Gasteiger charge is -2.06. The Morgan fingerprint density at radius 2 is 2.17 bits per heavy atom. The fourth-order valence-corrected chi connectivity index (χ4v) is 2.54. The number of anilines is 1. The maximum atomic E-state index is 12.3. The van der Waals surface area contributed by atoms with E-state index in [0.717, 1.165) is 23.9 Å². The minimum absolute atomic E-state index is 0.0613. The lowest BCUT2D eigenvalue weighted by Crippen LogP contribution is -2.16. The van der Waals surface area contributed by atoms with Gasteiger partial charge in [0.15, 0.2) is 5.82 Å². The number of hydrogen-bond donors (Lipinski definition) is 1. The maximum absolute atomic E-state index is 12.3. The zero-order chi connectivity index (χ0) is 17.1. The molecule has 7 nitrogen and oxygen atoms in total. The summed E-state index contributed by atoms with van der Waals surface area (Å²) in [5.41, 5.74) is 1.63. The van der Waals surface area contributed by atoms with E-state index in [9.17, 15) is 9.59 Å². The van der Waals surface area contributed by atoms with E-state index in [2.05, 4.69) is 15.6 Å². The first-order valence-corrected chi connectivity index (χ1v) is 7.78. The normalized spacial score (nSPS) is 10.9. The summed E-state index contributed by atoms with van der Waals surface area (Å²) in [7, 11) is 0. The number of benzene rings is 1. The Balaban J connectivity index is 1.81. The molecular weight excluding hydrogens is 308 g/mol. The summed E-state index contributed by atoms with van der Waals surface area (Å²) in [6.45, 7) is 4.69. The number of amides is 1. The van der Waals surface area contributed by atoms with Crippen LogP contribution in [-0.4, -0.2) is 20.9 Å². The largest absolute Gasteiger partial charge is 0.423 e. The molecule has 2 heterocycles. The third-order valence-corrected chi connectivity index (χ3v) is 3.60. The molecule has 0 fully saturated rings. The number of carbonyl (C=O) groups excluding carboxylic acids is 1. The summed E-state index contributed by atoms with van der Waals surface area (Å²) in [4.78, 5) is 24.0. The summed E-state index contributed by atoms with van der Waals surface area (Å²) < 4.78 is 6.87.